The lowest BCUT2D eigenvalue weighted by Crippen LogP contribution is -2.58. The first kappa shape index (κ1) is 40.3. The smallest absolute Gasteiger partial charge is 0.410 e. The van der Waals surface area contributed by atoms with E-state index in [-0.39, 0.29) is 31.5 Å². The van der Waals surface area contributed by atoms with Crippen LogP contribution in [-0.2, 0) is 54.0 Å². The summed E-state index contributed by atoms with van der Waals surface area (Å²) in [5.74, 6) is -4.41. The van der Waals surface area contributed by atoms with Crippen LogP contribution in [0.15, 0.2) is 53.6 Å². The number of carbonyl (C=O) groups excluding carboxylic acids is 5. The molecular formula is C38H48N6O11S. The van der Waals surface area contributed by atoms with Crippen LogP contribution in [0.1, 0.15) is 87.3 Å². The van der Waals surface area contributed by atoms with Crippen LogP contribution in [0, 0.1) is 5.92 Å². The molecule has 3 aliphatic heterocycles. The molecule has 17 nitrogen and oxygen atoms in total. The number of sulfonamides is 1. The summed E-state index contributed by atoms with van der Waals surface area (Å²) in [5, 5.41) is 14.4. The van der Waals surface area contributed by atoms with Crippen molar-refractivity contribution in [1.29, 1.82) is 0 Å². The predicted molar refractivity (Wildman–Crippen MR) is 198 cm³/mol. The SMILES string of the molecule is Cn1c(C(=O)O)ccc1S(=O)(=O)NC(=O)[C@@]12C[C@H]1C=CCCCCC[C@H](NC(=O)OC(C)(C)C)C(=O)N1C[C@H](OC(=O)N3Cc4ccccc4C3)C[C@H]1C(=O)N2. The molecule has 56 heavy (non-hydrogen) atoms. The van der Waals surface area contributed by atoms with Gasteiger partial charge in [0.2, 0.25) is 11.8 Å². The van der Waals surface area contributed by atoms with Gasteiger partial charge in [0, 0.05) is 32.5 Å². The third kappa shape index (κ3) is 8.69. The fraction of sp³-hybridized carbons (Fsp3) is 0.526. The van der Waals surface area contributed by atoms with Crippen LogP contribution >= 0.6 is 0 Å². The minimum absolute atomic E-state index is 0.0432. The van der Waals surface area contributed by atoms with Gasteiger partial charge in [0.1, 0.15) is 35.0 Å². The van der Waals surface area contributed by atoms with E-state index in [9.17, 15) is 42.3 Å². The van der Waals surface area contributed by atoms with Crippen LogP contribution in [0.4, 0.5) is 9.59 Å². The molecule has 1 aromatic carbocycles. The highest BCUT2D eigenvalue weighted by Crippen LogP contribution is 2.46. The molecule has 1 saturated carbocycles. The van der Waals surface area contributed by atoms with Gasteiger partial charge in [-0.3, -0.25) is 19.3 Å². The van der Waals surface area contributed by atoms with Gasteiger partial charge in [0.15, 0.2) is 5.03 Å². The molecule has 1 aromatic heterocycles. The van der Waals surface area contributed by atoms with E-state index in [4.69, 9.17) is 9.47 Å². The summed E-state index contributed by atoms with van der Waals surface area (Å²) in [7, 11) is -3.38. The summed E-state index contributed by atoms with van der Waals surface area (Å²) in [6.07, 6.45) is 3.90. The fourth-order valence-electron chi connectivity index (χ4n) is 7.54. The highest BCUT2D eigenvalue weighted by atomic mass is 32.2. The first-order chi connectivity index (χ1) is 26.4. The molecule has 0 spiro atoms. The molecule has 2 aromatic rings. The van der Waals surface area contributed by atoms with Crippen molar-refractivity contribution in [2.24, 2.45) is 13.0 Å². The molecule has 0 radical (unpaired) electrons. The number of nitrogens with zero attached hydrogens (tertiary/aromatic N) is 3. The zero-order valence-corrected chi connectivity index (χ0v) is 32.6. The normalized spacial score (nSPS) is 25.4. The van der Waals surface area contributed by atoms with E-state index in [2.05, 4.69) is 10.6 Å². The van der Waals surface area contributed by atoms with E-state index in [1.54, 1.807) is 26.8 Å². The number of carbonyl (C=O) groups is 6. The number of carboxylic acids is 1. The second-order valence-corrected chi connectivity index (χ2v) is 17.4. The molecule has 4 heterocycles. The number of nitrogens with one attached hydrogen (secondary N) is 3. The van der Waals surface area contributed by atoms with Gasteiger partial charge in [-0.25, -0.2) is 19.1 Å². The second kappa shape index (κ2) is 15.6. The van der Waals surface area contributed by atoms with Gasteiger partial charge in [-0.2, -0.15) is 8.42 Å². The Morgan fingerprint density at radius 3 is 2.34 bits per heavy atom. The van der Waals surface area contributed by atoms with Gasteiger partial charge in [-0.05, 0) is 69.7 Å². The molecule has 1 saturated heterocycles. The van der Waals surface area contributed by atoms with E-state index in [0.29, 0.717) is 38.8 Å². The average molecular weight is 797 g/mol. The van der Waals surface area contributed by atoms with E-state index in [0.717, 1.165) is 27.8 Å². The Bertz CT molecular complexity index is 2030. The van der Waals surface area contributed by atoms with Gasteiger partial charge >= 0.3 is 18.2 Å². The predicted octanol–water partition coefficient (Wildman–Crippen LogP) is 2.94. The van der Waals surface area contributed by atoms with Gasteiger partial charge in [0.25, 0.3) is 15.9 Å². The molecule has 1 aliphatic carbocycles. The number of hydrogen-bond donors (Lipinski definition) is 4. The van der Waals surface area contributed by atoms with Crippen LogP contribution in [0.25, 0.3) is 0 Å². The summed E-state index contributed by atoms with van der Waals surface area (Å²) in [6, 6.07) is 7.37. The molecule has 2 fully saturated rings. The van der Waals surface area contributed by atoms with E-state index in [1.165, 1.54) is 16.8 Å². The number of hydrogen-bond acceptors (Lipinski definition) is 10. The van der Waals surface area contributed by atoms with Crippen molar-refractivity contribution in [2.45, 2.75) is 113 Å². The van der Waals surface area contributed by atoms with E-state index < -0.39 is 86.2 Å². The number of carboxylic acid groups (broad SMARTS) is 1. The topological polar surface area (TPSA) is 223 Å². The maximum absolute atomic E-state index is 14.4. The van der Waals surface area contributed by atoms with Crippen molar-refractivity contribution < 1.29 is 51.8 Å². The standard InChI is InChI=1S/C38H48N6O11S/c1-37(2,3)55-35(50)39-27-15-9-7-5-6-8-14-25-19-38(25,34(49)41-56(52,53)30-17-16-28(33(47)48)42(30)4)40-31(45)29-18-26(22-44(29)32(27)46)54-36(51)43-20-23-12-10-11-13-24(23)21-43/h8,10-14,16-17,25-27,29H,5-7,9,15,18-22H2,1-4H3,(H,39,50)(H,40,45)(H,41,49)(H,47,48)/t25-,26-,27+,29+,38-/m1/s1. The van der Waals surface area contributed by atoms with Crippen molar-refractivity contribution in [2.75, 3.05) is 6.54 Å². The van der Waals surface area contributed by atoms with Crippen molar-refractivity contribution >= 4 is 45.9 Å². The number of aromatic nitrogens is 1. The number of rotatable bonds is 6. The molecule has 18 heteroatoms. The van der Waals surface area contributed by atoms with E-state index >= 15 is 0 Å². The van der Waals surface area contributed by atoms with Crippen molar-refractivity contribution in [3.8, 4) is 0 Å². The first-order valence-electron chi connectivity index (χ1n) is 18.7. The molecule has 6 rings (SSSR count). The van der Waals surface area contributed by atoms with Gasteiger partial charge in [-0.15, -0.1) is 0 Å². The van der Waals surface area contributed by atoms with Crippen molar-refractivity contribution in [3.63, 3.8) is 0 Å². The number of amides is 5. The zero-order valence-electron chi connectivity index (χ0n) is 31.8. The van der Waals surface area contributed by atoms with Crippen LogP contribution in [0.2, 0.25) is 0 Å². The number of alkyl carbamates (subject to hydrolysis) is 1. The molecule has 5 amide bonds. The summed E-state index contributed by atoms with van der Waals surface area (Å²) >= 11 is 0. The zero-order chi connectivity index (χ0) is 40.6. The third-order valence-electron chi connectivity index (χ3n) is 10.5. The fourth-order valence-corrected chi connectivity index (χ4v) is 8.77. The third-order valence-corrected chi connectivity index (χ3v) is 11.9. The van der Waals surface area contributed by atoms with Gasteiger partial charge in [-0.1, -0.05) is 49.3 Å². The Morgan fingerprint density at radius 1 is 1.00 bits per heavy atom. The first-order valence-corrected chi connectivity index (χ1v) is 20.1. The molecule has 4 N–H and O–H groups in total. The lowest BCUT2D eigenvalue weighted by Gasteiger charge is -2.30. The highest BCUT2D eigenvalue weighted by Gasteiger charge is 2.62. The van der Waals surface area contributed by atoms with Crippen molar-refractivity contribution in [1.82, 2.24) is 29.7 Å². The van der Waals surface area contributed by atoms with Crippen LogP contribution in [-0.4, -0.2) is 99.6 Å². The Hall–Kier alpha value is -5.39. The average Bonchev–Trinajstić information content (AvgIpc) is 3.44. The molecule has 5 atom stereocenters. The summed E-state index contributed by atoms with van der Waals surface area (Å²) in [5.41, 5.74) is -0.961. The monoisotopic (exact) mass is 796 g/mol. The minimum Gasteiger partial charge on any atom is -0.477 e. The summed E-state index contributed by atoms with van der Waals surface area (Å²) in [4.78, 5) is 83.4. The van der Waals surface area contributed by atoms with Gasteiger partial charge < -0.3 is 34.7 Å². The quantitative estimate of drug-likeness (QED) is 0.311. The number of fused-ring (bicyclic) bond motifs is 3. The molecule has 302 valence electrons. The van der Waals surface area contributed by atoms with Crippen LogP contribution in [0.5, 0.6) is 0 Å². The molecule has 0 unspecified atom stereocenters. The van der Waals surface area contributed by atoms with E-state index in [1.807, 2.05) is 35.1 Å². The number of ether oxygens (including phenoxy) is 2. The Labute approximate surface area is 324 Å². The number of allylic oxidation sites excluding steroid dienone is 1. The largest absolute Gasteiger partial charge is 0.477 e. The summed E-state index contributed by atoms with van der Waals surface area (Å²) < 4.78 is 41.1. The lowest BCUT2D eigenvalue weighted by molar-refractivity contribution is -0.141. The molecule has 0 bridgehead atoms. The molecular weight excluding hydrogens is 749 g/mol. The van der Waals surface area contributed by atoms with Crippen LogP contribution < -0.4 is 15.4 Å². The Morgan fingerprint density at radius 2 is 1.70 bits per heavy atom. The minimum atomic E-state index is -4.61. The molecule has 4 aliphatic rings. The van der Waals surface area contributed by atoms with Crippen molar-refractivity contribution in [3.05, 3.63) is 65.4 Å². The number of aromatic carboxylic acids is 1. The Balaban J connectivity index is 1.27. The lowest BCUT2D eigenvalue weighted by atomic mass is 10.0. The van der Waals surface area contributed by atoms with Gasteiger partial charge in [0.05, 0.1) is 6.54 Å². The maximum Gasteiger partial charge on any atom is 0.410 e. The Kier molecular flexibility index (Phi) is 11.2. The maximum atomic E-state index is 14.4. The highest BCUT2D eigenvalue weighted by molar-refractivity contribution is 7.90. The van der Waals surface area contributed by atoms with Crippen LogP contribution in [0.3, 0.4) is 0 Å². The summed E-state index contributed by atoms with van der Waals surface area (Å²) in [6.45, 7) is 5.52. The second-order valence-electron chi connectivity index (χ2n) is 15.8. The number of benzene rings is 1.